The predicted octanol–water partition coefficient (Wildman–Crippen LogP) is 14.5. The Morgan fingerprint density at radius 1 is 0.500 bits per heavy atom. The van der Waals surface area contributed by atoms with Gasteiger partial charge < -0.3 is 40.3 Å². The molecule has 0 aromatic rings. The number of rotatable bonds is 49. The number of hydrogen-bond acceptors (Lipinski definition) is 8. The maximum atomic E-state index is 13.1. The average Bonchev–Trinajstić information content (AvgIpc) is 3.36. The number of hydrogen-bond donors (Lipinski definition) is 6. The molecule has 7 unspecified atom stereocenters. The minimum absolute atomic E-state index is 0.142. The smallest absolute Gasteiger partial charge is 0.220 e. The van der Waals surface area contributed by atoms with Crippen molar-refractivity contribution in [2.75, 3.05) is 13.2 Å². The summed E-state index contributed by atoms with van der Waals surface area (Å²) >= 11 is 0. The summed E-state index contributed by atoms with van der Waals surface area (Å²) in [4.78, 5) is 13.1. The zero-order chi connectivity index (χ0) is 50.8. The number of nitrogens with one attached hydrogen (secondary N) is 1. The molecule has 6 N–H and O–H groups in total. The lowest BCUT2D eigenvalue weighted by Gasteiger charge is -2.40. The van der Waals surface area contributed by atoms with E-state index in [4.69, 9.17) is 9.47 Å². The SMILES string of the molecule is CC/C=C\C/C=C\C/C=C\C/C=C\C/C=C\C/C=C\CCCCCCCCCCCCC(=O)NC(COC1OC(CO)C(O)C(O)C1O)C(O)CCCCCCCCCCCCCCCCCCCC. The molecule has 9 heteroatoms. The topological polar surface area (TPSA) is 149 Å². The molecule has 1 heterocycles. The van der Waals surface area contributed by atoms with Gasteiger partial charge in [-0.05, 0) is 64.2 Å². The number of amides is 1. The molecule has 7 atom stereocenters. The summed E-state index contributed by atoms with van der Waals surface area (Å²) < 4.78 is 11.3. The van der Waals surface area contributed by atoms with E-state index in [-0.39, 0.29) is 12.5 Å². The second kappa shape index (κ2) is 50.2. The standard InChI is InChI=1S/C61H109NO8/c1-3-5-7-9-11-13-15-17-19-21-23-24-25-26-27-28-29-30-31-32-33-35-37-39-41-43-45-47-49-51-57(65)62-54(53-69-61-60(68)59(67)58(66)56(52-63)70-61)55(64)50-48-46-44-42-40-38-36-34-22-20-18-16-14-12-10-8-6-4-2/h5,7,11,13,17,19,23-24,26-27,29-30,54-56,58-61,63-64,66-68H,3-4,6,8-10,12,14-16,18,20-22,25,28,31-53H2,1-2H3,(H,62,65)/b7-5-,13-11-,19-17-,24-23-,27-26-,30-29-. The molecule has 9 nitrogen and oxygen atoms in total. The Bertz CT molecular complexity index is 1330. The molecule has 70 heavy (non-hydrogen) atoms. The van der Waals surface area contributed by atoms with Crippen molar-refractivity contribution in [2.24, 2.45) is 0 Å². The molecule has 0 aliphatic carbocycles. The van der Waals surface area contributed by atoms with Gasteiger partial charge in [-0.2, -0.15) is 0 Å². The molecule has 1 fully saturated rings. The van der Waals surface area contributed by atoms with Crippen LogP contribution in [0.25, 0.3) is 0 Å². The highest BCUT2D eigenvalue weighted by atomic mass is 16.7. The Kier molecular flexibility index (Phi) is 47.1. The van der Waals surface area contributed by atoms with Gasteiger partial charge in [0, 0.05) is 6.42 Å². The van der Waals surface area contributed by atoms with E-state index in [0.29, 0.717) is 12.8 Å². The highest BCUT2D eigenvalue weighted by Gasteiger charge is 2.44. The van der Waals surface area contributed by atoms with Crippen LogP contribution in [0.5, 0.6) is 0 Å². The number of carbonyl (C=O) groups is 1. The van der Waals surface area contributed by atoms with Crippen LogP contribution in [0, 0.1) is 0 Å². The quantitative estimate of drug-likeness (QED) is 0.0261. The molecule has 0 aromatic heterocycles. The van der Waals surface area contributed by atoms with Crippen LogP contribution in [0.2, 0.25) is 0 Å². The number of carbonyl (C=O) groups excluding carboxylic acids is 1. The van der Waals surface area contributed by atoms with Crippen molar-refractivity contribution < 1.29 is 39.8 Å². The minimum Gasteiger partial charge on any atom is -0.394 e. The second-order valence-corrected chi connectivity index (χ2v) is 20.1. The molecule has 1 aliphatic rings. The molecule has 1 amide bonds. The molecule has 0 saturated carbocycles. The van der Waals surface area contributed by atoms with Gasteiger partial charge in [0.1, 0.15) is 24.4 Å². The van der Waals surface area contributed by atoms with Gasteiger partial charge in [0.05, 0.1) is 25.4 Å². The van der Waals surface area contributed by atoms with Crippen LogP contribution < -0.4 is 5.32 Å². The van der Waals surface area contributed by atoms with Crippen molar-refractivity contribution in [3.63, 3.8) is 0 Å². The van der Waals surface area contributed by atoms with Gasteiger partial charge >= 0.3 is 0 Å². The lowest BCUT2D eigenvalue weighted by Crippen LogP contribution is -2.60. The van der Waals surface area contributed by atoms with Gasteiger partial charge in [-0.25, -0.2) is 0 Å². The van der Waals surface area contributed by atoms with Crippen LogP contribution in [-0.4, -0.2) is 87.5 Å². The first-order valence-corrected chi connectivity index (χ1v) is 29.1. The van der Waals surface area contributed by atoms with Crippen LogP contribution in [0.1, 0.15) is 251 Å². The van der Waals surface area contributed by atoms with E-state index in [1.54, 1.807) is 0 Å². The van der Waals surface area contributed by atoms with E-state index in [1.807, 2.05) is 0 Å². The molecular weight excluding hydrogens is 875 g/mol. The normalized spacial score (nSPS) is 19.9. The van der Waals surface area contributed by atoms with Gasteiger partial charge in [-0.3, -0.25) is 4.79 Å². The van der Waals surface area contributed by atoms with Crippen LogP contribution in [-0.2, 0) is 14.3 Å². The number of ether oxygens (including phenoxy) is 2. The van der Waals surface area contributed by atoms with Crippen molar-refractivity contribution >= 4 is 5.91 Å². The zero-order valence-electron chi connectivity index (χ0n) is 45.0. The zero-order valence-corrected chi connectivity index (χ0v) is 45.0. The maximum Gasteiger partial charge on any atom is 0.220 e. The Balaban J connectivity index is 2.20. The Labute approximate surface area is 429 Å². The Morgan fingerprint density at radius 3 is 1.31 bits per heavy atom. The van der Waals surface area contributed by atoms with Crippen molar-refractivity contribution in [2.45, 2.75) is 294 Å². The van der Waals surface area contributed by atoms with Gasteiger partial charge in [-0.15, -0.1) is 0 Å². The molecular formula is C61H109NO8. The third-order valence-corrected chi connectivity index (χ3v) is 13.6. The van der Waals surface area contributed by atoms with Crippen LogP contribution >= 0.6 is 0 Å². The maximum absolute atomic E-state index is 13.1. The second-order valence-electron chi connectivity index (χ2n) is 20.1. The Morgan fingerprint density at radius 2 is 0.886 bits per heavy atom. The monoisotopic (exact) mass is 984 g/mol. The van der Waals surface area contributed by atoms with E-state index in [9.17, 15) is 30.3 Å². The summed E-state index contributed by atoms with van der Waals surface area (Å²) in [6, 6.07) is -0.726. The average molecular weight is 985 g/mol. The lowest BCUT2D eigenvalue weighted by atomic mass is 9.99. The fraction of sp³-hybridized carbons (Fsp3) is 0.787. The number of allylic oxidation sites excluding steroid dienone is 12. The van der Waals surface area contributed by atoms with Crippen molar-refractivity contribution in [1.29, 1.82) is 0 Å². The van der Waals surface area contributed by atoms with Crippen LogP contribution in [0.3, 0.4) is 0 Å². The van der Waals surface area contributed by atoms with E-state index < -0.39 is 49.5 Å². The minimum atomic E-state index is -1.56. The molecule has 0 aromatic carbocycles. The van der Waals surface area contributed by atoms with Gasteiger partial charge in [0.2, 0.25) is 5.91 Å². The number of aliphatic hydroxyl groups is 5. The summed E-state index contributed by atoms with van der Waals surface area (Å²) in [6.45, 7) is 3.74. The van der Waals surface area contributed by atoms with Crippen molar-refractivity contribution in [1.82, 2.24) is 5.32 Å². The van der Waals surface area contributed by atoms with Gasteiger partial charge in [0.25, 0.3) is 0 Å². The molecule has 0 bridgehead atoms. The summed E-state index contributed by atoms with van der Waals surface area (Å²) in [7, 11) is 0. The third kappa shape index (κ3) is 39.2. The first kappa shape index (κ1) is 65.6. The van der Waals surface area contributed by atoms with E-state index in [2.05, 4.69) is 92.1 Å². The fourth-order valence-corrected chi connectivity index (χ4v) is 8.99. The first-order valence-electron chi connectivity index (χ1n) is 29.1. The largest absolute Gasteiger partial charge is 0.394 e. The van der Waals surface area contributed by atoms with Crippen LogP contribution in [0.4, 0.5) is 0 Å². The van der Waals surface area contributed by atoms with Crippen LogP contribution in [0.15, 0.2) is 72.9 Å². The lowest BCUT2D eigenvalue weighted by molar-refractivity contribution is -0.302. The summed E-state index contributed by atoms with van der Waals surface area (Å²) in [6.07, 6.45) is 62.0. The molecule has 0 radical (unpaired) electrons. The van der Waals surface area contributed by atoms with Gasteiger partial charge in [-0.1, -0.05) is 254 Å². The van der Waals surface area contributed by atoms with Crippen molar-refractivity contribution in [3.05, 3.63) is 72.9 Å². The molecule has 1 aliphatic heterocycles. The summed E-state index contributed by atoms with van der Waals surface area (Å²) in [5.41, 5.74) is 0. The fourth-order valence-electron chi connectivity index (χ4n) is 8.99. The molecule has 1 saturated heterocycles. The number of unbranched alkanes of at least 4 members (excludes halogenated alkanes) is 27. The molecule has 406 valence electrons. The first-order chi connectivity index (χ1) is 34.3. The molecule has 1 rings (SSSR count). The van der Waals surface area contributed by atoms with E-state index >= 15 is 0 Å². The number of aliphatic hydroxyl groups excluding tert-OH is 5. The van der Waals surface area contributed by atoms with Crippen molar-refractivity contribution in [3.8, 4) is 0 Å². The van der Waals surface area contributed by atoms with Gasteiger partial charge in [0.15, 0.2) is 6.29 Å². The van der Waals surface area contributed by atoms with E-state index in [0.717, 1.165) is 83.5 Å². The molecule has 0 spiro atoms. The third-order valence-electron chi connectivity index (χ3n) is 13.6. The highest BCUT2D eigenvalue weighted by molar-refractivity contribution is 5.76. The summed E-state index contributed by atoms with van der Waals surface area (Å²) in [5, 5.41) is 54.7. The predicted molar refractivity (Wildman–Crippen MR) is 295 cm³/mol. The summed E-state index contributed by atoms with van der Waals surface area (Å²) in [5.74, 6) is -0.150. The highest BCUT2D eigenvalue weighted by Crippen LogP contribution is 2.23. The Hall–Kier alpha value is -2.37. The van der Waals surface area contributed by atoms with E-state index in [1.165, 1.54) is 141 Å².